The summed E-state index contributed by atoms with van der Waals surface area (Å²) in [5.74, 6) is 0. The van der Waals surface area contributed by atoms with E-state index in [1.54, 1.807) is 0 Å². The van der Waals surface area contributed by atoms with Gasteiger partial charge < -0.3 is 5.11 Å². The number of aliphatic hydroxyl groups is 1. The first-order valence-electron chi connectivity index (χ1n) is 3.71. The van der Waals surface area contributed by atoms with E-state index in [2.05, 4.69) is 0 Å². The van der Waals surface area contributed by atoms with Crippen molar-refractivity contribution >= 4 is 0 Å². The Morgan fingerprint density at radius 1 is 1.60 bits per heavy atom. The van der Waals surface area contributed by atoms with Gasteiger partial charge in [0.25, 0.3) is 0 Å². The van der Waals surface area contributed by atoms with Gasteiger partial charge in [0.05, 0.1) is 5.60 Å². The molecular weight excluding hydrogens is 133 g/mol. The van der Waals surface area contributed by atoms with Gasteiger partial charge in [0, 0.05) is 19.6 Å². The van der Waals surface area contributed by atoms with Crippen LogP contribution >= 0.6 is 0 Å². The summed E-state index contributed by atoms with van der Waals surface area (Å²) < 4.78 is 11.7. The molecule has 1 aliphatic rings. The lowest BCUT2D eigenvalue weighted by atomic mass is 9.92. The Hall–Kier alpha value is -0.150. The van der Waals surface area contributed by atoms with Crippen LogP contribution in [0.4, 0.5) is 4.39 Å². The van der Waals surface area contributed by atoms with Crippen LogP contribution in [0.1, 0.15) is 13.3 Å². The van der Waals surface area contributed by atoms with Gasteiger partial charge in [-0.25, -0.2) is 4.39 Å². The molecule has 1 heterocycles. The minimum Gasteiger partial charge on any atom is -0.387 e. The lowest BCUT2D eigenvalue weighted by molar-refractivity contribution is -0.100. The maximum absolute atomic E-state index is 11.7. The number of rotatable bonds is 3. The number of alkyl halides is 1. The molecule has 1 aliphatic heterocycles. The smallest absolute Gasteiger partial charge is 0.102 e. The molecule has 0 radical (unpaired) electrons. The largest absolute Gasteiger partial charge is 0.387 e. The van der Waals surface area contributed by atoms with E-state index in [0.717, 1.165) is 6.42 Å². The molecule has 1 N–H and O–H groups in total. The van der Waals surface area contributed by atoms with Crippen LogP contribution in [-0.4, -0.2) is 41.9 Å². The van der Waals surface area contributed by atoms with Gasteiger partial charge in [-0.1, -0.05) is 6.92 Å². The van der Waals surface area contributed by atoms with E-state index in [1.807, 2.05) is 11.8 Å². The van der Waals surface area contributed by atoms with Crippen LogP contribution in [0.5, 0.6) is 0 Å². The molecule has 0 bridgehead atoms. The zero-order valence-electron chi connectivity index (χ0n) is 6.31. The molecule has 0 aromatic carbocycles. The Labute approximate surface area is 60.6 Å². The third kappa shape index (κ3) is 1.47. The molecule has 0 unspecified atom stereocenters. The van der Waals surface area contributed by atoms with E-state index < -0.39 is 5.60 Å². The van der Waals surface area contributed by atoms with Crippen molar-refractivity contribution in [1.29, 1.82) is 0 Å². The second-order valence-electron chi connectivity index (χ2n) is 2.98. The molecule has 3 heteroatoms. The Balaban J connectivity index is 2.16. The molecule has 0 aromatic rings. The fourth-order valence-electron chi connectivity index (χ4n) is 1.29. The first-order chi connectivity index (χ1) is 4.70. The summed E-state index contributed by atoms with van der Waals surface area (Å²) in [6.07, 6.45) is 0.774. The van der Waals surface area contributed by atoms with Gasteiger partial charge in [-0.3, -0.25) is 4.90 Å². The number of nitrogens with zero attached hydrogens (tertiary/aromatic N) is 1. The van der Waals surface area contributed by atoms with Gasteiger partial charge in [-0.05, 0) is 6.42 Å². The second kappa shape index (κ2) is 2.84. The van der Waals surface area contributed by atoms with Gasteiger partial charge in [0.2, 0.25) is 0 Å². The molecule has 0 saturated carbocycles. The van der Waals surface area contributed by atoms with E-state index in [1.165, 1.54) is 0 Å². The van der Waals surface area contributed by atoms with Crippen molar-refractivity contribution in [1.82, 2.24) is 4.90 Å². The number of hydrogen-bond acceptors (Lipinski definition) is 2. The summed E-state index contributed by atoms with van der Waals surface area (Å²) in [5.41, 5.74) is -0.505. The van der Waals surface area contributed by atoms with Crippen molar-refractivity contribution in [3.8, 4) is 0 Å². The molecule has 0 spiro atoms. The fraction of sp³-hybridized carbons (Fsp3) is 1.00. The first kappa shape index (κ1) is 7.95. The zero-order chi connectivity index (χ0) is 7.61. The summed E-state index contributed by atoms with van der Waals surface area (Å²) in [7, 11) is 0. The highest BCUT2D eigenvalue weighted by atomic mass is 19.1. The number of β-amino-alcohol motifs (C(OH)–C–C–N with tert-alkyl or cyclic N) is 1. The molecular formula is C7H14FNO. The third-order valence-electron chi connectivity index (χ3n) is 2.09. The number of halogens is 1. The second-order valence-corrected chi connectivity index (χ2v) is 2.98. The van der Waals surface area contributed by atoms with Crippen molar-refractivity contribution in [3.63, 3.8) is 0 Å². The summed E-state index contributed by atoms with van der Waals surface area (Å²) >= 11 is 0. The molecule has 1 rings (SSSR count). The van der Waals surface area contributed by atoms with Crippen molar-refractivity contribution in [2.75, 3.05) is 26.3 Å². The predicted molar refractivity (Wildman–Crippen MR) is 37.7 cm³/mol. The SMILES string of the molecule is CCC1(O)CN(CCF)C1. The summed E-state index contributed by atoms with van der Waals surface area (Å²) in [6.45, 7) is 3.41. The molecule has 10 heavy (non-hydrogen) atoms. The lowest BCUT2D eigenvalue weighted by Gasteiger charge is -2.45. The van der Waals surface area contributed by atoms with Crippen LogP contribution in [-0.2, 0) is 0 Å². The lowest BCUT2D eigenvalue weighted by Crippen LogP contribution is -2.61. The van der Waals surface area contributed by atoms with Crippen molar-refractivity contribution in [3.05, 3.63) is 0 Å². The number of hydrogen-bond donors (Lipinski definition) is 1. The van der Waals surface area contributed by atoms with E-state index in [9.17, 15) is 9.50 Å². The minimum absolute atomic E-state index is 0.306. The molecule has 1 saturated heterocycles. The average Bonchev–Trinajstić information content (AvgIpc) is 1.85. The maximum Gasteiger partial charge on any atom is 0.102 e. The Morgan fingerprint density at radius 2 is 2.20 bits per heavy atom. The zero-order valence-corrected chi connectivity index (χ0v) is 6.31. The van der Waals surface area contributed by atoms with E-state index >= 15 is 0 Å². The van der Waals surface area contributed by atoms with E-state index in [0.29, 0.717) is 19.6 Å². The van der Waals surface area contributed by atoms with Gasteiger partial charge >= 0.3 is 0 Å². The molecule has 0 aromatic heterocycles. The van der Waals surface area contributed by atoms with Crippen LogP contribution in [0.3, 0.4) is 0 Å². The topological polar surface area (TPSA) is 23.5 Å². The Bertz CT molecular complexity index is 112. The molecule has 0 amide bonds. The van der Waals surface area contributed by atoms with Gasteiger partial charge in [0.1, 0.15) is 6.67 Å². The minimum atomic E-state index is -0.505. The van der Waals surface area contributed by atoms with E-state index in [4.69, 9.17) is 0 Å². The van der Waals surface area contributed by atoms with Crippen LogP contribution in [0, 0.1) is 0 Å². The van der Waals surface area contributed by atoms with Gasteiger partial charge in [-0.15, -0.1) is 0 Å². The Kier molecular flexibility index (Phi) is 2.26. The fourth-order valence-corrected chi connectivity index (χ4v) is 1.29. The summed E-state index contributed by atoms with van der Waals surface area (Å²) in [6, 6.07) is 0. The van der Waals surface area contributed by atoms with Gasteiger partial charge in [0.15, 0.2) is 0 Å². The highest BCUT2D eigenvalue weighted by molar-refractivity contribution is 4.93. The monoisotopic (exact) mass is 147 g/mol. The molecule has 0 aliphatic carbocycles. The maximum atomic E-state index is 11.7. The van der Waals surface area contributed by atoms with Gasteiger partial charge in [-0.2, -0.15) is 0 Å². The molecule has 1 fully saturated rings. The van der Waals surface area contributed by atoms with Crippen LogP contribution in [0.25, 0.3) is 0 Å². The Morgan fingerprint density at radius 3 is 2.60 bits per heavy atom. The van der Waals surface area contributed by atoms with Crippen LogP contribution < -0.4 is 0 Å². The predicted octanol–water partition coefficient (Wildman–Crippen LogP) is 0.413. The van der Waals surface area contributed by atoms with Crippen molar-refractivity contribution in [2.24, 2.45) is 0 Å². The third-order valence-corrected chi connectivity index (χ3v) is 2.09. The standard InChI is InChI=1S/C7H14FNO/c1-2-7(10)5-9(6-7)4-3-8/h10H,2-6H2,1H3. The van der Waals surface area contributed by atoms with Crippen LogP contribution in [0.15, 0.2) is 0 Å². The highest BCUT2D eigenvalue weighted by Gasteiger charge is 2.38. The molecule has 0 atom stereocenters. The average molecular weight is 147 g/mol. The highest BCUT2D eigenvalue weighted by Crippen LogP contribution is 2.22. The quantitative estimate of drug-likeness (QED) is 0.625. The summed E-state index contributed by atoms with van der Waals surface area (Å²) in [4.78, 5) is 1.92. The number of likely N-dealkylation sites (tertiary alicyclic amines) is 1. The normalized spacial score (nSPS) is 24.3. The van der Waals surface area contributed by atoms with Crippen LogP contribution in [0.2, 0.25) is 0 Å². The van der Waals surface area contributed by atoms with Crippen molar-refractivity contribution in [2.45, 2.75) is 18.9 Å². The van der Waals surface area contributed by atoms with Crippen molar-refractivity contribution < 1.29 is 9.50 Å². The molecule has 60 valence electrons. The first-order valence-corrected chi connectivity index (χ1v) is 3.71. The van der Waals surface area contributed by atoms with E-state index in [-0.39, 0.29) is 6.67 Å². The summed E-state index contributed by atoms with van der Waals surface area (Å²) in [5, 5.41) is 9.45. The molecule has 2 nitrogen and oxygen atoms in total.